The summed E-state index contributed by atoms with van der Waals surface area (Å²) in [7, 11) is 1.72. The van der Waals surface area contributed by atoms with Crippen LogP contribution in [-0.4, -0.2) is 37.8 Å². The molecule has 4 nitrogen and oxygen atoms in total. The van der Waals surface area contributed by atoms with E-state index in [4.69, 9.17) is 4.74 Å². The second-order valence-electron chi connectivity index (χ2n) is 5.15. The van der Waals surface area contributed by atoms with Gasteiger partial charge < -0.3 is 15.0 Å². The van der Waals surface area contributed by atoms with Crippen LogP contribution < -0.4 is 15.0 Å². The lowest BCUT2D eigenvalue weighted by Crippen LogP contribution is -2.51. The molecule has 1 saturated heterocycles. The summed E-state index contributed by atoms with van der Waals surface area (Å²) in [5.41, 5.74) is 0. The van der Waals surface area contributed by atoms with E-state index in [-0.39, 0.29) is 0 Å². The van der Waals surface area contributed by atoms with Crippen molar-refractivity contribution >= 4 is 16.6 Å². The lowest BCUT2D eigenvalue weighted by molar-refractivity contribution is 0.419. The first kappa shape index (κ1) is 13.2. The number of pyridine rings is 1. The molecular weight excluding hydrogens is 250 g/mol. The molecule has 1 fully saturated rings. The molecule has 1 aromatic heterocycles. The fourth-order valence-corrected chi connectivity index (χ4v) is 2.97. The average Bonchev–Trinajstić information content (AvgIpc) is 2.53. The third-order valence-electron chi connectivity index (χ3n) is 4.06. The van der Waals surface area contributed by atoms with Crippen molar-refractivity contribution in [1.82, 2.24) is 10.3 Å². The molecule has 0 saturated carbocycles. The summed E-state index contributed by atoms with van der Waals surface area (Å²) in [5, 5.41) is 5.77. The second-order valence-corrected chi connectivity index (χ2v) is 5.15. The van der Waals surface area contributed by atoms with Crippen LogP contribution in [0.1, 0.15) is 13.3 Å². The topological polar surface area (TPSA) is 37.4 Å². The zero-order valence-electron chi connectivity index (χ0n) is 12.1. The van der Waals surface area contributed by atoms with Crippen molar-refractivity contribution in [2.75, 3.05) is 31.6 Å². The zero-order chi connectivity index (χ0) is 13.9. The van der Waals surface area contributed by atoms with Crippen LogP contribution in [0.2, 0.25) is 0 Å². The van der Waals surface area contributed by atoms with E-state index in [0.717, 1.165) is 43.0 Å². The lowest BCUT2D eigenvalue weighted by Gasteiger charge is -2.37. The quantitative estimate of drug-likeness (QED) is 0.930. The number of methoxy groups -OCH3 is 1. The summed E-state index contributed by atoms with van der Waals surface area (Å²) < 4.78 is 5.46. The molecule has 1 aliphatic heterocycles. The van der Waals surface area contributed by atoms with E-state index in [2.05, 4.69) is 28.2 Å². The highest BCUT2D eigenvalue weighted by molar-refractivity contribution is 5.96. The summed E-state index contributed by atoms with van der Waals surface area (Å²) in [6.45, 7) is 5.27. The Morgan fingerprint density at radius 2 is 2.25 bits per heavy atom. The van der Waals surface area contributed by atoms with Crippen LogP contribution in [0.25, 0.3) is 10.8 Å². The third-order valence-corrected chi connectivity index (χ3v) is 4.06. The summed E-state index contributed by atoms with van der Waals surface area (Å²) in [6, 6.07) is 8.71. The van der Waals surface area contributed by atoms with Gasteiger partial charge in [-0.3, -0.25) is 0 Å². The molecule has 1 unspecified atom stereocenters. The maximum atomic E-state index is 5.46. The Hall–Kier alpha value is -1.81. The van der Waals surface area contributed by atoms with Crippen molar-refractivity contribution < 1.29 is 4.74 Å². The third kappa shape index (κ3) is 2.20. The molecule has 3 rings (SSSR count). The van der Waals surface area contributed by atoms with Gasteiger partial charge in [-0.1, -0.05) is 19.1 Å². The van der Waals surface area contributed by atoms with Gasteiger partial charge in [0.1, 0.15) is 11.6 Å². The average molecular weight is 271 g/mol. The Morgan fingerprint density at radius 3 is 3.05 bits per heavy atom. The number of nitrogens with one attached hydrogen (secondary N) is 1. The van der Waals surface area contributed by atoms with E-state index in [0.29, 0.717) is 6.04 Å². The normalized spacial score (nSPS) is 19.3. The highest BCUT2D eigenvalue weighted by Crippen LogP contribution is 2.32. The van der Waals surface area contributed by atoms with Crippen LogP contribution in [0.3, 0.4) is 0 Å². The predicted molar refractivity (Wildman–Crippen MR) is 82.6 cm³/mol. The maximum absolute atomic E-state index is 5.46. The Bertz CT molecular complexity index is 599. The highest BCUT2D eigenvalue weighted by Gasteiger charge is 2.23. The number of aromatic nitrogens is 1. The van der Waals surface area contributed by atoms with E-state index >= 15 is 0 Å². The Labute approximate surface area is 119 Å². The van der Waals surface area contributed by atoms with E-state index in [1.807, 2.05) is 24.4 Å². The Morgan fingerprint density at radius 1 is 1.35 bits per heavy atom. The van der Waals surface area contributed by atoms with Gasteiger partial charge in [0, 0.05) is 42.6 Å². The van der Waals surface area contributed by atoms with Gasteiger partial charge >= 0.3 is 0 Å². The largest absolute Gasteiger partial charge is 0.496 e. The maximum Gasteiger partial charge on any atom is 0.136 e. The minimum atomic E-state index is 0.507. The monoisotopic (exact) mass is 271 g/mol. The second kappa shape index (κ2) is 5.67. The molecule has 1 aliphatic rings. The van der Waals surface area contributed by atoms with Crippen LogP contribution in [-0.2, 0) is 0 Å². The summed E-state index contributed by atoms with van der Waals surface area (Å²) in [6.07, 6.45) is 3.00. The predicted octanol–water partition coefficient (Wildman–Crippen LogP) is 2.43. The number of ether oxygens (including phenoxy) is 1. The molecule has 2 heterocycles. The molecule has 20 heavy (non-hydrogen) atoms. The van der Waals surface area contributed by atoms with Gasteiger partial charge in [-0.25, -0.2) is 4.98 Å². The fourth-order valence-electron chi connectivity index (χ4n) is 2.97. The number of nitrogens with zero attached hydrogens (tertiary/aromatic N) is 2. The Kier molecular flexibility index (Phi) is 3.74. The first-order chi connectivity index (χ1) is 9.85. The molecule has 0 amide bonds. The molecular formula is C16H21N3O. The van der Waals surface area contributed by atoms with Crippen LogP contribution in [0.15, 0.2) is 30.5 Å². The molecule has 0 radical (unpaired) electrons. The van der Waals surface area contributed by atoms with Crippen molar-refractivity contribution in [3.05, 3.63) is 30.5 Å². The molecule has 1 N–H and O–H groups in total. The van der Waals surface area contributed by atoms with Crippen LogP contribution in [0.5, 0.6) is 5.75 Å². The molecule has 0 aliphatic carbocycles. The van der Waals surface area contributed by atoms with Gasteiger partial charge in [-0.2, -0.15) is 0 Å². The number of hydrogen-bond acceptors (Lipinski definition) is 4. The number of piperazine rings is 1. The minimum absolute atomic E-state index is 0.507. The summed E-state index contributed by atoms with van der Waals surface area (Å²) in [5.74, 6) is 1.99. The van der Waals surface area contributed by atoms with Crippen molar-refractivity contribution in [2.24, 2.45) is 0 Å². The van der Waals surface area contributed by atoms with Crippen molar-refractivity contribution in [1.29, 1.82) is 0 Å². The van der Waals surface area contributed by atoms with E-state index < -0.39 is 0 Å². The first-order valence-electron chi connectivity index (χ1n) is 7.24. The van der Waals surface area contributed by atoms with Crippen molar-refractivity contribution in [3.8, 4) is 5.75 Å². The van der Waals surface area contributed by atoms with Crippen molar-refractivity contribution in [2.45, 2.75) is 19.4 Å². The van der Waals surface area contributed by atoms with Crippen molar-refractivity contribution in [3.63, 3.8) is 0 Å². The first-order valence-corrected chi connectivity index (χ1v) is 7.24. The Balaban J connectivity index is 2.11. The number of hydrogen-bond donors (Lipinski definition) is 1. The zero-order valence-corrected chi connectivity index (χ0v) is 12.1. The molecule has 1 atom stereocenters. The van der Waals surface area contributed by atoms with Crippen LogP contribution in [0.4, 0.5) is 5.82 Å². The van der Waals surface area contributed by atoms with Crippen LogP contribution >= 0.6 is 0 Å². The van der Waals surface area contributed by atoms with Gasteiger partial charge in [-0.05, 0) is 18.6 Å². The fraction of sp³-hybridized carbons (Fsp3) is 0.438. The number of fused-ring (bicyclic) bond motifs is 1. The van der Waals surface area contributed by atoms with E-state index in [1.54, 1.807) is 7.11 Å². The molecule has 2 aromatic rings. The summed E-state index contributed by atoms with van der Waals surface area (Å²) >= 11 is 0. The number of anilines is 1. The van der Waals surface area contributed by atoms with E-state index in [1.165, 1.54) is 5.39 Å². The SMILES string of the molecule is CCC1CNCCN1c1nccc2c(OC)cccc12. The number of benzene rings is 1. The highest BCUT2D eigenvalue weighted by atomic mass is 16.5. The molecule has 0 spiro atoms. The smallest absolute Gasteiger partial charge is 0.136 e. The van der Waals surface area contributed by atoms with E-state index in [9.17, 15) is 0 Å². The molecule has 4 heteroatoms. The van der Waals surface area contributed by atoms with Gasteiger partial charge in [0.2, 0.25) is 0 Å². The van der Waals surface area contributed by atoms with Gasteiger partial charge in [0.05, 0.1) is 7.11 Å². The number of rotatable bonds is 3. The standard InChI is InChI=1S/C16H21N3O/c1-3-12-11-17-9-10-19(12)16-14-5-4-6-15(20-2)13(14)7-8-18-16/h4-8,12,17H,3,9-11H2,1-2H3. The molecule has 1 aromatic carbocycles. The summed E-state index contributed by atoms with van der Waals surface area (Å²) in [4.78, 5) is 7.08. The van der Waals surface area contributed by atoms with Gasteiger partial charge in [0.25, 0.3) is 0 Å². The minimum Gasteiger partial charge on any atom is -0.496 e. The van der Waals surface area contributed by atoms with Gasteiger partial charge in [-0.15, -0.1) is 0 Å². The lowest BCUT2D eigenvalue weighted by atomic mass is 10.1. The van der Waals surface area contributed by atoms with Crippen LogP contribution in [0, 0.1) is 0 Å². The molecule has 0 bridgehead atoms. The molecule has 106 valence electrons. The van der Waals surface area contributed by atoms with Gasteiger partial charge in [0.15, 0.2) is 0 Å².